The van der Waals surface area contributed by atoms with E-state index in [2.05, 4.69) is 11.9 Å². The predicted molar refractivity (Wildman–Crippen MR) is 116 cm³/mol. The topological polar surface area (TPSA) is 102 Å². The van der Waals surface area contributed by atoms with Gasteiger partial charge in [-0.1, -0.05) is 24.8 Å². The second-order valence-electron chi connectivity index (χ2n) is 6.89. The Morgan fingerprint density at radius 1 is 1.16 bits per heavy atom. The maximum atomic E-state index is 12.4. The average molecular weight is 442 g/mol. The summed E-state index contributed by atoms with van der Waals surface area (Å²) < 4.78 is 9.78. The van der Waals surface area contributed by atoms with E-state index in [0.29, 0.717) is 16.3 Å². The number of carbonyl (C=O) groups excluding carboxylic acids is 4. The van der Waals surface area contributed by atoms with E-state index in [1.165, 1.54) is 23.3 Å². The predicted octanol–water partition coefficient (Wildman–Crippen LogP) is 3.15. The Hall–Kier alpha value is -3.46. The zero-order valence-electron chi connectivity index (χ0n) is 17.4. The molecular formula is C22H22N2O6S. The van der Waals surface area contributed by atoms with E-state index >= 15 is 0 Å². The van der Waals surface area contributed by atoms with Gasteiger partial charge in [-0.05, 0) is 25.5 Å². The van der Waals surface area contributed by atoms with Crippen molar-refractivity contribution in [2.45, 2.75) is 20.3 Å². The number of ether oxygens (including phenoxy) is 2. The van der Waals surface area contributed by atoms with Gasteiger partial charge in [-0.15, -0.1) is 11.3 Å². The Kier molecular flexibility index (Phi) is 6.55. The van der Waals surface area contributed by atoms with Crippen LogP contribution >= 0.6 is 11.3 Å². The Balaban J connectivity index is 1.51. The summed E-state index contributed by atoms with van der Waals surface area (Å²) in [5.74, 6) is -1.97. The Labute approximate surface area is 183 Å². The van der Waals surface area contributed by atoms with Crippen molar-refractivity contribution >= 4 is 45.8 Å². The van der Waals surface area contributed by atoms with Gasteiger partial charge in [0.05, 0.1) is 19.1 Å². The molecule has 2 amide bonds. The van der Waals surface area contributed by atoms with E-state index in [0.717, 1.165) is 16.0 Å². The molecule has 162 valence electrons. The number of thiophene rings is 1. The third-order valence-electron chi connectivity index (χ3n) is 4.97. The lowest BCUT2D eigenvalue weighted by molar-refractivity contribution is -0.147. The standard InChI is InChI=1S/C22H22N2O6S/c1-12-14(3)31-20(19(12)22(28)29-4)23-17(25)11-30-18(26)9-10-24-13(2)15-7-5-6-8-16(15)21(24)27/h5-8H,2,9-11H2,1,3-4H3,(H,23,25). The molecule has 9 heteroatoms. The van der Waals surface area contributed by atoms with Crippen molar-refractivity contribution in [1.29, 1.82) is 0 Å². The van der Waals surface area contributed by atoms with Gasteiger partial charge in [0.1, 0.15) is 5.00 Å². The minimum absolute atomic E-state index is 0.0866. The first-order valence-corrected chi connectivity index (χ1v) is 10.3. The normalized spacial score (nSPS) is 12.5. The third-order valence-corrected chi connectivity index (χ3v) is 6.09. The Bertz CT molecular complexity index is 1050. The number of nitrogens with one attached hydrogen (secondary N) is 1. The molecule has 31 heavy (non-hydrogen) atoms. The van der Waals surface area contributed by atoms with E-state index in [4.69, 9.17) is 9.47 Å². The molecule has 0 saturated heterocycles. The van der Waals surface area contributed by atoms with Gasteiger partial charge in [0.15, 0.2) is 6.61 Å². The number of anilines is 1. The summed E-state index contributed by atoms with van der Waals surface area (Å²) in [6.07, 6.45) is -0.0866. The fraction of sp³-hybridized carbons (Fsp3) is 0.273. The van der Waals surface area contributed by atoms with Gasteiger partial charge in [0.25, 0.3) is 11.8 Å². The molecule has 0 saturated carbocycles. The number of benzene rings is 1. The molecule has 2 aromatic rings. The van der Waals surface area contributed by atoms with Gasteiger partial charge in [-0.2, -0.15) is 0 Å². The van der Waals surface area contributed by atoms with Gasteiger partial charge in [-0.25, -0.2) is 4.79 Å². The van der Waals surface area contributed by atoms with Gasteiger partial charge in [0, 0.05) is 28.2 Å². The smallest absolute Gasteiger partial charge is 0.341 e. The number of aryl methyl sites for hydroxylation is 1. The highest BCUT2D eigenvalue weighted by molar-refractivity contribution is 7.16. The van der Waals surface area contributed by atoms with Gasteiger partial charge >= 0.3 is 11.9 Å². The maximum absolute atomic E-state index is 12.4. The average Bonchev–Trinajstić information content (AvgIpc) is 3.17. The van der Waals surface area contributed by atoms with Gasteiger partial charge in [-0.3, -0.25) is 14.4 Å². The van der Waals surface area contributed by atoms with E-state index in [-0.39, 0.29) is 24.4 Å². The Morgan fingerprint density at radius 2 is 1.84 bits per heavy atom. The van der Waals surface area contributed by atoms with Crippen molar-refractivity contribution in [3.05, 3.63) is 58.0 Å². The summed E-state index contributed by atoms with van der Waals surface area (Å²) in [7, 11) is 1.26. The number of methoxy groups -OCH3 is 1. The molecule has 8 nitrogen and oxygen atoms in total. The zero-order valence-corrected chi connectivity index (χ0v) is 18.3. The second-order valence-corrected chi connectivity index (χ2v) is 8.11. The summed E-state index contributed by atoms with van der Waals surface area (Å²) in [6, 6.07) is 7.09. The van der Waals surface area contributed by atoms with Crippen LogP contribution in [-0.4, -0.2) is 48.9 Å². The molecule has 0 unspecified atom stereocenters. The molecule has 1 N–H and O–H groups in total. The summed E-state index contributed by atoms with van der Waals surface area (Å²) >= 11 is 1.24. The zero-order chi connectivity index (χ0) is 22.7. The van der Waals surface area contributed by atoms with Crippen molar-refractivity contribution < 1.29 is 28.7 Å². The van der Waals surface area contributed by atoms with E-state index < -0.39 is 24.5 Å². The first-order valence-electron chi connectivity index (χ1n) is 9.48. The summed E-state index contributed by atoms with van der Waals surface area (Å²) in [5, 5.41) is 2.94. The molecule has 0 bridgehead atoms. The van der Waals surface area contributed by atoms with Crippen LogP contribution in [0.4, 0.5) is 5.00 Å². The van der Waals surface area contributed by atoms with E-state index in [9.17, 15) is 19.2 Å². The number of fused-ring (bicyclic) bond motifs is 1. The molecule has 0 fully saturated rings. The molecule has 3 rings (SSSR count). The van der Waals surface area contributed by atoms with Crippen LogP contribution in [0.1, 0.15) is 43.1 Å². The number of hydrogen-bond donors (Lipinski definition) is 1. The number of nitrogens with zero attached hydrogens (tertiary/aromatic N) is 1. The number of carbonyl (C=O) groups is 4. The fourth-order valence-corrected chi connectivity index (χ4v) is 4.28. The van der Waals surface area contributed by atoms with Gasteiger partial charge < -0.3 is 19.7 Å². The highest BCUT2D eigenvalue weighted by Crippen LogP contribution is 2.33. The fourth-order valence-electron chi connectivity index (χ4n) is 3.22. The lowest BCUT2D eigenvalue weighted by Gasteiger charge is -2.16. The number of esters is 2. The number of amides is 2. The highest BCUT2D eigenvalue weighted by Gasteiger charge is 2.30. The van der Waals surface area contributed by atoms with Crippen LogP contribution in [0.15, 0.2) is 30.8 Å². The molecular weight excluding hydrogens is 420 g/mol. The summed E-state index contributed by atoms with van der Waals surface area (Å²) in [4.78, 5) is 51.0. The first kappa shape index (κ1) is 22.2. The maximum Gasteiger partial charge on any atom is 0.341 e. The van der Waals surface area contributed by atoms with Crippen LogP contribution in [0.3, 0.4) is 0 Å². The van der Waals surface area contributed by atoms with Crippen molar-refractivity contribution in [3.63, 3.8) is 0 Å². The molecule has 1 aliphatic heterocycles. The Morgan fingerprint density at radius 3 is 2.48 bits per heavy atom. The largest absolute Gasteiger partial charge is 0.465 e. The quantitative estimate of drug-likeness (QED) is 0.661. The van der Waals surface area contributed by atoms with Crippen LogP contribution in [0.2, 0.25) is 0 Å². The SMILES string of the molecule is C=C1c2ccccc2C(=O)N1CCC(=O)OCC(=O)Nc1sc(C)c(C)c1C(=O)OC. The lowest BCUT2D eigenvalue weighted by Crippen LogP contribution is -2.27. The molecule has 2 heterocycles. The monoisotopic (exact) mass is 442 g/mol. The van der Waals surface area contributed by atoms with E-state index in [1.807, 2.05) is 13.0 Å². The van der Waals surface area contributed by atoms with Crippen LogP contribution in [0.5, 0.6) is 0 Å². The van der Waals surface area contributed by atoms with Gasteiger partial charge in [0.2, 0.25) is 0 Å². The summed E-state index contributed by atoms with van der Waals surface area (Å²) in [5.41, 5.74) is 2.83. The molecule has 0 spiro atoms. The number of rotatable bonds is 7. The van der Waals surface area contributed by atoms with Crippen LogP contribution < -0.4 is 5.32 Å². The molecule has 0 radical (unpaired) electrons. The third kappa shape index (κ3) is 4.51. The summed E-state index contributed by atoms with van der Waals surface area (Å²) in [6.45, 7) is 7.10. The van der Waals surface area contributed by atoms with Crippen molar-refractivity contribution in [2.75, 3.05) is 25.6 Å². The minimum Gasteiger partial charge on any atom is -0.465 e. The van der Waals surface area contributed by atoms with Crippen molar-refractivity contribution in [2.24, 2.45) is 0 Å². The van der Waals surface area contributed by atoms with Crippen molar-refractivity contribution in [3.8, 4) is 0 Å². The molecule has 1 aliphatic rings. The van der Waals surface area contributed by atoms with Crippen molar-refractivity contribution in [1.82, 2.24) is 4.90 Å². The second kappa shape index (κ2) is 9.13. The lowest BCUT2D eigenvalue weighted by atomic mass is 10.1. The number of hydrogen-bond acceptors (Lipinski definition) is 7. The molecule has 1 aromatic heterocycles. The molecule has 1 aromatic carbocycles. The minimum atomic E-state index is -0.626. The first-order chi connectivity index (χ1) is 14.7. The molecule has 0 aliphatic carbocycles. The van der Waals surface area contributed by atoms with Crippen LogP contribution in [-0.2, 0) is 19.1 Å². The van der Waals surface area contributed by atoms with E-state index in [1.54, 1.807) is 25.1 Å². The molecule has 0 atom stereocenters. The van der Waals surface area contributed by atoms with Crippen LogP contribution in [0.25, 0.3) is 5.70 Å². The highest BCUT2D eigenvalue weighted by atomic mass is 32.1. The van der Waals surface area contributed by atoms with Crippen LogP contribution in [0, 0.1) is 13.8 Å².